The summed E-state index contributed by atoms with van der Waals surface area (Å²) in [4.78, 5) is 6.52. The van der Waals surface area contributed by atoms with Gasteiger partial charge in [0, 0.05) is 13.1 Å². The van der Waals surface area contributed by atoms with Gasteiger partial charge in [-0.25, -0.2) is 4.98 Å². The fourth-order valence-electron chi connectivity index (χ4n) is 1.85. The molecule has 1 fully saturated rings. The largest absolute Gasteiger partial charge is 0.394 e. The Morgan fingerprint density at radius 3 is 3.19 bits per heavy atom. The maximum Gasteiger partial charge on any atom is 0.129 e. The van der Waals surface area contributed by atoms with E-state index < -0.39 is 0 Å². The van der Waals surface area contributed by atoms with Crippen molar-refractivity contribution in [3.63, 3.8) is 0 Å². The normalized spacial score (nSPS) is 21.1. The van der Waals surface area contributed by atoms with Crippen LogP contribution in [0.25, 0.3) is 0 Å². The number of ether oxygens (including phenoxy) is 1. The van der Waals surface area contributed by atoms with Gasteiger partial charge in [0.05, 0.1) is 31.6 Å². The van der Waals surface area contributed by atoms with Gasteiger partial charge in [-0.2, -0.15) is 0 Å². The fraction of sp³-hybridized carbons (Fsp3) is 0.545. The molecule has 1 aliphatic rings. The Bertz CT molecular complexity index is 346. The maximum atomic E-state index is 9.28. The van der Waals surface area contributed by atoms with E-state index in [4.69, 9.17) is 10.5 Å². The number of nitrogens with zero attached hydrogens (tertiary/aromatic N) is 2. The zero-order valence-electron chi connectivity index (χ0n) is 9.17. The van der Waals surface area contributed by atoms with Crippen LogP contribution in [0.5, 0.6) is 0 Å². The van der Waals surface area contributed by atoms with Crippen LogP contribution in [0.4, 0.5) is 5.82 Å². The highest BCUT2D eigenvalue weighted by Crippen LogP contribution is 2.17. The first-order valence-corrected chi connectivity index (χ1v) is 5.46. The van der Waals surface area contributed by atoms with E-state index >= 15 is 0 Å². The van der Waals surface area contributed by atoms with Gasteiger partial charge in [0.1, 0.15) is 5.82 Å². The number of aromatic nitrogens is 1. The van der Waals surface area contributed by atoms with Gasteiger partial charge >= 0.3 is 0 Å². The number of aliphatic hydroxyl groups excluding tert-OH is 1. The lowest BCUT2D eigenvalue weighted by atomic mass is 10.2. The third-order valence-electron chi connectivity index (χ3n) is 2.73. The summed E-state index contributed by atoms with van der Waals surface area (Å²) in [5.74, 6) is 0.866. The Hall–Kier alpha value is -1.17. The lowest BCUT2D eigenvalue weighted by Crippen LogP contribution is -2.48. The molecule has 3 N–H and O–H groups in total. The molecular weight excluding hydrogens is 206 g/mol. The molecule has 0 saturated carbocycles. The number of aliphatic hydroxyl groups is 1. The first kappa shape index (κ1) is 11.3. The molecule has 1 aromatic rings. The minimum atomic E-state index is -0.00530. The molecular formula is C11H17N3O2. The SMILES string of the molecule is NCc1cccc(N2CCOCC2CO)n1. The second-order valence-corrected chi connectivity index (χ2v) is 3.80. The van der Waals surface area contributed by atoms with Crippen molar-refractivity contribution in [3.8, 4) is 0 Å². The van der Waals surface area contributed by atoms with Crippen molar-refractivity contribution in [2.24, 2.45) is 5.73 Å². The quantitative estimate of drug-likeness (QED) is 0.738. The fourth-order valence-corrected chi connectivity index (χ4v) is 1.85. The molecule has 16 heavy (non-hydrogen) atoms. The Morgan fingerprint density at radius 1 is 1.56 bits per heavy atom. The van der Waals surface area contributed by atoms with Crippen LogP contribution in [-0.4, -0.2) is 42.5 Å². The highest BCUT2D eigenvalue weighted by atomic mass is 16.5. The van der Waals surface area contributed by atoms with E-state index in [0.717, 1.165) is 18.1 Å². The van der Waals surface area contributed by atoms with Gasteiger partial charge < -0.3 is 20.5 Å². The lowest BCUT2D eigenvalue weighted by Gasteiger charge is -2.35. The van der Waals surface area contributed by atoms with E-state index in [1.807, 2.05) is 18.2 Å². The summed E-state index contributed by atoms with van der Waals surface area (Å²) in [5, 5.41) is 9.28. The van der Waals surface area contributed by atoms with Crippen molar-refractivity contribution < 1.29 is 9.84 Å². The number of anilines is 1. The molecule has 5 heteroatoms. The molecule has 1 aliphatic heterocycles. The van der Waals surface area contributed by atoms with Crippen LogP contribution in [0, 0.1) is 0 Å². The summed E-state index contributed by atoms with van der Waals surface area (Å²) in [6.07, 6.45) is 0. The first-order chi connectivity index (χ1) is 7.85. The average Bonchev–Trinajstić information content (AvgIpc) is 2.38. The Kier molecular flexibility index (Phi) is 3.71. The van der Waals surface area contributed by atoms with Crippen molar-refractivity contribution in [2.45, 2.75) is 12.6 Å². The number of nitrogens with two attached hydrogens (primary N) is 1. The van der Waals surface area contributed by atoms with Gasteiger partial charge in [-0.05, 0) is 12.1 Å². The molecule has 1 aromatic heterocycles. The van der Waals surface area contributed by atoms with Crippen molar-refractivity contribution in [3.05, 3.63) is 23.9 Å². The summed E-state index contributed by atoms with van der Waals surface area (Å²) in [6.45, 7) is 2.48. The van der Waals surface area contributed by atoms with E-state index in [-0.39, 0.29) is 12.6 Å². The van der Waals surface area contributed by atoms with Crippen molar-refractivity contribution in [1.29, 1.82) is 0 Å². The molecule has 0 amide bonds. The average molecular weight is 223 g/mol. The highest BCUT2D eigenvalue weighted by molar-refractivity contribution is 5.41. The predicted octanol–water partition coefficient (Wildman–Crippen LogP) is -0.262. The molecule has 0 spiro atoms. The molecule has 0 aliphatic carbocycles. The van der Waals surface area contributed by atoms with E-state index in [2.05, 4.69) is 9.88 Å². The minimum Gasteiger partial charge on any atom is -0.394 e. The van der Waals surface area contributed by atoms with Crippen molar-refractivity contribution >= 4 is 5.82 Å². The highest BCUT2D eigenvalue weighted by Gasteiger charge is 2.23. The Balaban J connectivity index is 2.20. The Morgan fingerprint density at radius 2 is 2.44 bits per heavy atom. The lowest BCUT2D eigenvalue weighted by molar-refractivity contribution is 0.0722. The van der Waals surface area contributed by atoms with Gasteiger partial charge in [0.15, 0.2) is 0 Å². The number of rotatable bonds is 3. The monoisotopic (exact) mass is 223 g/mol. The molecule has 0 radical (unpaired) electrons. The van der Waals surface area contributed by atoms with Crippen molar-refractivity contribution in [1.82, 2.24) is 4.98 Å². The zero-order chi connectivity index (χ0) is 11.4. The van der Waals surface area contributed by atoms with E-state index in [0.29, 0.717) is 19.8 Å². The second-order valence-electron chi connectivity index (χ2n) is 3.80. The van der Waals surface area contributed by atoms with Gasteiger partial charge in [-0.3, -0.25) is 0 Å². The number of pyridine rings is 1. The molecule has 2 rings (SSSR count). The van der Waals surface area contributed by atoms with Crippen LogP contribution >= 0.6 is 0 Å². The number of hydrogen-bond donors (Lipinski definition) is 2. The first-order valence-electron chi connectivity index (χ1n) is 5.46. The van der Waals surface area contributed by atoms with Gasteiger partial charge in [0.2, 0.25) is 0 Å². The summed E-state index contributed by atoms with van der Waals surface area (Å²) in [7, 11) is 0. The van der Waals surface area contributed by atoms with Crippen LogP contribution < -0.4 is 10.6 Å². The smallest absolute Gasteiger partial charge is 0.129 e. The summed E-state index contributed by atoms with van der Waals surface area (Å²) >= 11 is 0. The van der Waals surface area contributed by atoms with Crippen LogP contribution in [-0.2, 0) is 11.3 Å². The molecule has 0 bridgehead atoms. The predicted molar refractivity (Wildman–Crippen MR) is 61.2 cm³/mol. The molecule has 1 unspecified atom stereocenters. The summed E-state index contributed by atoms with van der Waals surface area (Å²) < 4.78 is 5.33. The summed E-state index contributed by atoms with van der Waals surface area (Å²) in [6, 6.07) is 5.77. The van der Waals surface area contributed by atoms with Crippen LogP contribution in [0.2, 0.25) is 0 Å². The third kappa shape index (κ3) is 2.32. The molecule has 5 nitrogen and oxygen atoms in total. The van der Waals surface area contributed by atoms with Crippen LogP contribution in [0.3, 0.4) is 0 Å². The summed E-state index contributed by atoms with van der Waals surface area (Å²) in [5.41, 5.74) is 6.42. The molecule has 2 heterocycles. The minimum absolute atomic E-state index is 0.00530. The standard InChI is InChI=1S/C11H17N3O2/c12-6-9-2-1-3-11(13-9)14-4-5-16-8-10(14)7-15/h1-3,10,15H,4-8,12H2. The van der Waals surface area contributed by atoms with E-state index in [1.54, 1.807) is 0 Å². The van der Waals surface area contributed by atoms with Crippen molar-refractivity contribution in [2.75, 3.05) is 31.3 Å². The van der Waals surface area contributed by atoms with Crippen LogP contribution in [0.1, 0.15) is 5.69 Å². The number of hydrogen-bond acceptors (Lipinski definition) is 5. The molecule has 1 atom stereocenters. The van der Waals surface area contributed by atoms with E-state index in [9.17, 15) is 5.11 Å². The van der Waals surface area contributed by atoms with Crippen LogP contribution in [0.15, 0.2) is 18.2 Å². The molecule has 1 saturated heterocycles. The van der Waals surface area contributed by atoms with Gasteiger partial charge in [-0.15, -0.1) is 0 Å². The van der Waals surface area contributed by atoms with E-state index in [1.165, 1.54) is 0 Å². The number of morpholine rings is 1. The molecule has 0 aromatic carbocycles. The zero-order valence-corrected chi connectivity index (χ0v) is 9.17. The van der Waals surface area contributed by atoms with Gasteiger partial charge in [-0.1, -0.05) is 6.07 Å². The Labute approximate surface area is 94.8 Å². The maximum absolute atomic E-state index is 9.28. The molecule has 88 valence electrons. The third-order valence-corrected chi connectivity index (χ3v) is 2.73. The topological polar surface area (TPSA) is 71.6 Å². The second kappa shape index (κ2) is 5.25. The van der Waals surface area contributed by atoms with Gasteiger partial charge in [0.25, 0.3) is 0 Å².